The molecule has 25 heavy (non-hydrogen) atoms. The lowest BCUT2D eigenvalue weighted by molar-refractivity contribution is -0.112. The molecule has 2 rings (SSSR count). The fourth-order valence-electron chi connectivity index (χ4n) is 2.05. The van der Waals surface area contributed by atoms with Gasteiger partial charge in [0.15, 0.2) is 0 Å². The molecule has 0 spiro atoms. The third kappa shape index (κ3) is 4.87. The molecule has 1 amide bonds. The lowest BCUT2D eigenvalue weighted by Gasteiger charge is -2.10. The van der Waals surface area contributed by atoms with Gasteiger partial charge in [0, 0.05) is 22.5 Å². The van der Waals surface area contributed by atoms with Crippen molar-refractivity contribution in [2.45, 2.75) is 18.7 Å². The third-order valence-corrected chi connectivity index (χ3v) is 4.22. The number of rotatable bonds is 5. The molecule has 0 aliphatic carbocycles. The number of anilines is 2. The van der Waals surface area contributed by atoms with Gasteiger partial charge in [-0.3, -0.25) is 4.79 Å². The van der Waals surface area contributed by atoms with Crippen molar-refractivity contribution >= 4 is 29.0 Å². The molecule has 0 radical (unpaired) electrons. The molecule has 6 heteroatoms. The molecule has 124 valence electrons. The van der Waals surface area contributed by atoms with E-state index >= 15 is 0 Å². The van der Waals surface area contributed by atoms with Crippen LogP contribution in [0.15, 0.2) is 59.1 Å². The predicted molar refractivity (Wildman–Crippen MR) is 99.8 cm³/mol. The quantitative estimate of drug-likeness (QED) is 0.363. The summed E-state index contributed by atoms with van der Waals surface area (Å²) in [5.74, 6) is -0.472. The molecule has 0 bridgehead atoms. The highest BCUT2D eigenvalue weighted by Gasteiger charge is 2.11. The summed E-state index contributed by atoms with van der Waals surface area (Å²) in [5, 5.41) is 25.5. The molecule has 0 atom stereocenters. The Hall–Kier alpha value is -3.22. The average molecular weight is 348 g/mol. The van der Waals surface area contributed by atoms with E-state index in [-0.39, 0.29) is 5.57 Å². The van der Waals surface area contributed by atoms with Crippen LogP contribution in [-0.4, -0.2) is 5.91 Å². The first-order valence-corrected chi connectivity index (χ1v) is 8.27. The van der Waals surface area contributed by atoms with Crippen molar-refractivity contribution in [3.05, 3.63) is 65.4 Å². The van der Waals surface area contributed by atoms with E-state index in [0.29, 0.717) is 5.69 Å². The van der Waals surface area contributed by atoms with E-state index in [9.17, 15) is 10.1 Å². The molecular weight excluding hydrogens is 332 g/mol. The fraction of sp³-hybridized carbons (Fsp3) is 0.105. The monoisotopic (exact) mass is 348 g/mol. The van der Waals surface area contributed by atoms with Crippen LogP contribution in [0.5, 0.6) is 0 Å². The van der Waals surface area contributed by atoms with Crippen molar-refractivity contribution in [3.63, 3.8) is 0 Å². The summed E-state index contributed by atoms with van der Waals surface area (Å²) in [6.07, 6.45) is 1.37. The van der Waals surface area contributed by atoms with E-state index in [2.05, 4.69) is 10.6 Å². The van der Waals surface area contributed by atoms with Crippen LogP contribution in [0.25, 0.3) is 0 Å². The molecule has 2 N–H and O–H groups in total. The standard InChI is InChI=1S/C19H16N4OS/c1-13-4-3-5-18(14(13)2)23-19(24)15(10-20)11-22-16-6-8-17(9-7-16)25-12-21/h3-9,11,22H,1-2H3,(H,23,24)/b15-11-. The zero-order valence-corrected chi connectivity index (χ0v) is 14.6. The Morgan fingerprint density at radius 3 is 2.48 bits per heavy atom. The Morgan fingerprint density at radius 1 is 1.12 bits per heavy atom. The number of amides is 1. The number of thiocyanates is 1. The average Bonchev–Trinajstić information content (AvgIpc) is 2.61. The highest BCUT2D eigenvalue weighted by molar-refractivity contribution is 8.03. The minimum absolute atomic E-state index is 0.0311. The zero-order chi connectivity index (χ0) is 18.2. The number of benzene rings is 2. The minimum atomic E-state index is -0.472. The second kappa shape index (κ2) is 8.58. The van der Waals surface area contributed by atoms with Crippen LogP contribution in [0.3, 0.4) is 0 Å². The molecule has 0 saturated carbocycles. The second-order valence-electron chi connectivity index (χ2n) is 5.23. The number of nitrogens with one attached hydrogen (secondary N) is 2. The SMILES string of the molecule is Cc1cccc(NC(=O)/C(C#N)=C\Nc2ccc(SC#N)cc2)c1C. The van der Waals surface area contributed by atoms with Gasteiger partial charge in [0.2, 0.25) is 0 Å². The van der Waals surface area contributed by atoms with Gasteiger partial charge < -0.3 is 10.6 Å². The largest absolute Gasteiger partial charge is 0.360 e. The lowest BCUT2D eigenvalue weighted by atomic mass is 10.1. The Bertz CT molecular complexity index is 889. The number of aryl methyl sites for hydroxylation is 1. The summed E-state index contributed by atoms with van der Waals surface area (Å²) in [5.41, 5.74) is 3.40. The Kier molecular flexibility index (Phi) is 6.22. The maximum absolute atomic E-state index is 12.3. The Labute approximate surface area is 151 Å². The number of thioether (sulfide) groups is 1. The molecule has 2 aromatic carbocycles. The van der Waals surface area contributed by atoms with E-state index in [0.717, 1.165) is 33.5 Å². The number of nitrogens with zero attached hydrogens (tertiary/aromatic N) is 2. The molecule has 2 aromatic rings. The van der Waals surface area contributed by atoms with E-state index in [1.165, 1.54) is 6.20 Å². The second-order valence-corrected chi connectivity index (χ2v) is 6.09. The van der Waals surface area contributed by atoms with E-state index < -0.39 is 5.91 Å². The van der Waals surface area contributed by atoms with Gasteiger partial charge in [-0.05, 0) is 67.1 Å². The number of carbonyl (C=O) groups is 1. The summed E-state index contributed by atoms with van der Waals surface area (Å²) in [7, 11) is 0. The lowest BCUT2D eigenvalue weighted by Crippen LogP contribution is -2.15. The van der Waals surface area contributed by atoms with Crippen molar-refractivity contribution in [2.24, 2.45) is 0 Å². The van der Waals surface area contributed by atoms with Gasteiger partial charge in [-0.1, -0.05) is 12.1 Å². The van der Waals surface area contributed by atoms with Gasteiger partial charge >= 0.3 is 0 Å². The highest BCUT2D eigenvalue weighted by Crippen LogP contribution is 2.20. The summed E-state index contributed by atoms with van der Waals surface area (Å²) >= 11 is 1.07. The number of hydrogen-bond donors (Lipinski definition) is 2. The molecule has 0 aliphatic heterocycles. The molecule has 0 aromatic heterocycles. The van der Waals surface area contributed by atoms with Crippen molar-refractivity contribution in [1.82, 2.24) is 0 Å². The first-order valence-electron chi connectivity index (χ1n) is 7.45. The molecule has 5 nitrogen and oxygen atoms in total. The smallest absolute Gasteiger partial charge is 0.267 e. The Balaban J connectivity index is 2.09. The first-order chi connectivity index (χ1) is 12.0. The minimum Gasteiger partial charge on any atom is -0.360 e. The van der Waals surface area contributed by atoms with E-state index in [4.69, 9.17) is 5.26 Å². The predicted octanol–water partition coefficient (Wildman–Crippen LogP) is 4.33. The van der Waals surface area contributed by atoms with Crippen molar-refractivity contribution in [2.75, 3.05) is 10.6 Å². The van der Waals surface area contributed by atoms with Gasteiger partial charge in [-0.25, -0.2) is 0 Å². The molecule has 0 fully saturated rings. The van der Waals surface area contributed by atoms with Crippen LogP contribution in [0.1, 0.15) is 11.1 Å². The molecule has 0 saturated heterocycles. The third-order valence-electron chi connectivity index (χ3n) is 3.62. The van der Waals surface area contributed by atoms with Crippen LogP contribution < -0.4 is 10.6 Å². The van der Waals surface area contributed by atoms with Gasteiger partial charge in [0.25, 0.3) is 5.91 Å². The highest BCUT2D eigenvalue weighted by atomic mass is 32.2. The van der Waals surface area contributed by atoms with Crippen molar-refractivity contribution < 1.29 is 4.79 Å². The summed E-state index contributed by atoms with van der Waals surface area (Å²) < 4.78 is 0. The van der Waals surface area contributed by atoms with Crippen LogP contribution in [-0.2, 0) is 4.79 Å². The van der Waals surface area contributed by atoms with Gasteiger partial charge in [0.1, 0.15) is 17.0 Å². The zero-order valence-electron chi connectivity index (χ0n) is 13.8. The van der Waals surface area contributed by atoms with Gasteiger partial charge in [-0.15, -0.1) is 0 Å². The van der Waals surface area contributed by atoms with Crippen LogP contribution in [0.2, 0.25) is 0 Å². The fourth-order valence-corrected chi connectivity index (χ4v) is 2.43. The summed E-state index contributed by atoms with van der Waals surface area (Å²) in [6, 6.07) is 14.6. The van der Waals surface area contributed by atoms with E-state index in [1.54, 1.807) is 30.3 Å². The van der Waals surface area contributed by atoms with E-state index in [1.807, 2.05) is 37.5 Å². The van der Waals surface area contributed by atoms with Crippen molar-refractivity contribution in [3.8, 4) is 11.5 Å². The first kappa shape index (κ1) is 18.1. The summed E-state index contributed by atoms with van der Waals surface area (Å²) in [4.78, 5) is 13.1. The normalized spacial score (nSPS) is 10.5. The van der Waals surface area contributed by atoms with Crippen LogP contribution >= 0.6 is 11.8 Å². The van der Waals surface area contributed by atoms with Crippen LogP contribution in [0, 0.1) is 35.8 Å². The topological polar surface area (TPSA) is 88.7 Å². The van der Waals surface area contributed by atoms with Crippen LogP contribution in [0.4, 0.5) is 11.4 Å². The number of nitriles is 2. The summed E-state index contributed by atoms with van der Waals surface area (Å²) in [6.45, 7) is 3.88. The Morgan fingerprint density at radius 2 is 1.84 bits per heavy atom. The molecular formula is C19H16N4OS. The van der Waals surface area contributed by atoms with Crippen molar-refractivity contribution in [1.29, 1.82) is 10.5 Å². The molecule has 0 aliphatic rings. The molecule has 0 unspecified atom stereocenters. The van der Waals surface area contributed by atoms with Gasteiger partial charge in [-0.2, -0.15) is 10.5 Å². The number of carbonyl (C=O) groups excluding carboxylic acids is 1. The number of hydrogen-bond acceptors (Lipinski definition) is 5. The molecule has 0 heterocycles. The maximum atomic E-state index is 12.3. The van der Waals surface area contributed by atoms with Gasteiger partial charge in [0.05, 0.1) is 0 Å². The maximum Gasteiger partial charge on any atom is 0.267 e.